The average Bonchev–Trinajstić information content (AvgIpc) is 2.75. The summed E-state index contributed by atoms with van der Waals surface area (Å²) in [6.45, 7) is 0. The molecule has 1 aromatic heterocycles. The summed E-state index contributed by atoms with van der Waals surface area (Å²) in [6.07, 6.45) is 2.10. The molecule has 0 bridgehead atoms. The number of aryl methyl sites for hydroxylation is 1. The Morgan fingerprint density at radius 3 is 2.75 bits per heavy atom. The number of carbonyl (C=O) groups is 1. The number of para-hydroxylation sites is 1. The molecule has 0 saturated carbocycles. The minimum atomic E-state index is -0.819. The first-order valence-corrected chi connectivity index (χ1v) is 4.94. The predicted molar refractivity (Wildman–Crippen MR) is 57.3 cm³/mol. The van der Waals surface area contributed by atoms with E-state index in [4.69, 9.17) is 5.11 Å². The molecule has 82 valence electrons. The minimum absolute atomic E-state index is 0.0835. The molecular weight excluding hydrogens is 206 g/mol. The van der Waals surface area contributed by atoms with Crippen LogP contribution in [0.25, 0.3) is 5.69 Å². The van der Waals surface area contributed by atoms with Gasteiger partial charge in [0.2, 0.25) is 0 Å². The third kappa shape index (κ3) is 2.25. The number of carboxylic acids is 1. The van der Waals surface area contributed by atoms with Crippen molar-refractivity contribution in [3.8, 4) is 5.69 Å². The maximum atomic E-state index is 10.5. The maximum absolute atomic E-state index is 10.5. The number of carboxylic acid groups (broad SMARTS) is 1. The van der Waals surface area contributed by atoms with Gasteiger partial charge < -0.3 is 5.11 Å². The highest BCUT2D eigenvalue weighted by Gasteiger charge is 2.07. The number of aromatic nitrogens is 3. The van der Waals surface area contributed by atoms with E-state index in [1.54, 1.807) is 10.9 Å². The SMILES string of the molecule is O=C(O)CCc1cnnn1-c1ccccc1. The van der Waals surface area contributed by atoms with Crippen molar-refractivity contribution in [2.75, 3.05) is 0 Å². The van der Waals surface area contributed by atoms with E-state index in [1.807, 2.05) is 30.3 Å². The van der Waals surface area contributed by atoms with Crippen LogP contribution in [-0.4, -0.2) is 26.1 Å². The molecule has 0 saturated heterocycles. The normalized spacial score (nSPS) is 10.2. The second-order valence-corrected chi connectivity index (χ2v) is 3.37. The van der Waals surface area contributed by atoms with E-state index >= 15 is 0 Å². The molecule has 5 nitrogen and oxygen atoms in total. The van der Waals surface area contributed by atoms with Gasteiger partial charge in [0, 0.05) is 6.42 Å². The Hall–Kier alpha value is -2.17. The standard InChI is InChI=1S/C11H11N3O2/c15-11(16)7-6-10-8-12-13-14(10)9-4-2-1-3-5-9/h1-5,8H,6-7H2,(H,15,16). The van der Waals surface area contributed by atoms with Crippen LogP contribution in [0.1, 0.15) is 12.1 Å². The molecule has 1 N–H and O–H groups in total. The third-order valence-electron chi connectivity index (χ3n) is 2.22. The summed E-state index contributed by atoms with van der Waals surface area (Å²) in [5, 5.41) is 16.4. The first-order chi connectivity index (χ1) is 7.77. The highest BCUT2D eigenvalue weighted by molar-refractivity contribution is 5.67. The molecule has 0 amide bonds. The zero-order chi connectivity index (χ0) is 11.4. The molecule has 2 aromatic rings. The van der Waals surface area contributed by atoms with Gasteiger partial charge >= 0.3 is 5.97 Å². The molecule has 0 spiro atoms. The Balaban J connectivity index is 2.23. The van der Waals surface area contributed by atoms with Crippen LogP contribution in [0.2, 0.25) is 0 Å². The number of aliphatic carboxylic acids is 1. The largest absolute Gasteiger partial charge is 0.481 e. The van der Waals surface area contributed by atoms with Gasteiger partial charge in [0.25, 0.3) is 0 Å². The fraction of sp³-hybridized carbons (Fsp3) is 0.182. The van der Waals surface area contributed by atoms with Gasteiger partial charge in [-0.15, -0.1) is 5.10 Å². The topological polar surface area (TPSA) is 68.0 Å². The number of rotatable bonds is 4. The van der Waals surface area contributed by atoms with E-state index in [9.17, 15) is 4.79 Å². The van der Waals surface area contributed by atoms with E-state index in [0.29, 0.717) is 6.42 Å². The second kappa shape index (κ2) is 4.57. The van der Waals surface area contributed by atoms with Crippen molar-refractivity contribution in [3.63, 3.8) is 0 Å². The number of nitrogens with zero attached hydrogens (tertiary/aromatic N) is 3. The van der Waals surface area contributed by atoms with E-state index in [1.165, 1.54) is 0 Å². The zero-order valence-corrected chi connectivity index (χ0v) is 8.58. The van der Waals surface area contributed by atoms with Crippen LogP contribution in [-0.2, 0) is 11.2 Å². The molecule has 1 heterocycles. The molecule has 2 rings (SSSR count). The van der Waals surface area contributed by atoms with E-state index in [-0.39, 0.29) is 6.42 Å². The van der Waals surface area contributed by atoms with Gasteiger partial charge in [-0.05, 0) is 12.1 Å². The summed E-state index contributed by atoms with van der Waals surface area (Å²) >= 11 is 0. The summed E-state index contributed by atoms with van der Waals surface area (Å²) in [4.78, 5) is 10.5. The van der Waals surface area contributed by atoms with Gasteiger partial charge in [-0.2, -0.15) is 0 Å². The molecule has 16 heavy (non-hydrogen) atoms. The molecule has 0 aliphatic rings. The average molecular weight is 217 g/mol. The molecule has 0 aliphatic heterocycles. The Labute approximate surface area is 92.3 Å². The lowest BCUT2D eigenvalue weighted by atomic mass is 10.2. The summed E-state index contributed by atoms with van der Waals surface area (Å²) in [5.74, 6) is -0.819. The maximum Gasteiger partial charge on any atom is 0.303 e. The molecule has 0 radical (unpaired) electrons. The van der Waals surface area contributed by atoms with Crippen LogP contribution in [0.3, 0.4) is 0 Å². The predicted octanol–water partition coefficient (Wildman–Crippen LogP) is 1.28. The van der Waals surface area contributed by atoms with Crippen LogP contribution in [0.4, 0.5) is 0 Å². The van der Waals surface area contributed by atoms with Crippen molar-refractivity contribution < 1.29 is 9.90 Å². The van der Waals surface area contributed by atoms with Crippen LogP contribution < -0.4 is 0 Å². The van der Waals surface area contributed by atoms with Gasteiger partial charge in [0.1, 0.15) is 0 Å². The summed E-state index contributed by atoms with van der Waals surface area (Å²) < 4.78 is 1.66. The van der Waals surface area contributed by atoms with Gasteiger partial charge in [-0.3, -0.25) is 4.79 Å². The van der Waals surface area contributed by atoms with E-state index < -0.39 is 5.97 Å². The molecule has 5 heteroatoms. The summed E-state index contributed by atoms with van der Waals surface area (Å²) in [5.41, 5.74) is 1.69. The quantitative estimate of drug-likeness (QED) is 0.837. The first-order valence-electron chi connectivity index (χ1n) is 4.94. The molecule has 1 aromatic carbocycles. The fourth-order valence-corrected chi connectivity index (χ4v) is 1.45. The Kier molecular flexibility index (Phi) is 2.95. The molecular formula is C11H11N3O2. The van der Waals surface area contributed by atoms with Gasteiger partial charge in [-0.25, -0.2) is 4.68 Å². The smallest absolute Gasteiger partial charge is 0.303 e. The Bertz CT molecular complexity index is 479. The molecule has 0 aliphatic carbocycles. The summed E-state index contributed by atoms with van der Waals surface area (Å²) in [6, 6.07) is 9.52. The Morgan fingerprint density at radius 2 is 2.06 bits per heavy atom. The minimum Gasteiger partial charge on any atom is -0.481 e. The molecule has 0 unspecified atom stereocenters. The van der Waals surface area contributed by atoms with Gasteiger partial charge in [0.05, 0.1) is 24.0 Å². The second-order valence-electron chi connectivity index (χ2n) is 3.37. The van der Waals surface area contributed by atoms with E-state index in [0.717, 1.165) is 11.4 Å². The fourth-order valence-electron chi connectivity index (χ4n) is 1.45. The molecule has 0 fully saturated rings. The number of benzene rings is 1. The van der Waals surface area contributed by atoms with Crippen LogP contribution in [0.5, 0.6) is 0 Å². The summed E-state index contributed by atoms with van der Waals surface area (Å²) in [7, 11) is 0. The van der Waals surface area contributed by atoms with Crippen molar-refractivity contribution in [2.24, 2.45) is 0 Å². The first kappa shape index (κ1) is 10.4. The molecule has 0 atom stereocenters. The monoisotopic (exact) mass is 217 g/mol. The van der Waals surface area contributed by atoms with Crippen molar-refractivity contribution in [1.29, 1.82) is 0 Å². The highest BCUT2D eigenvalue weighted by atomic mass is 16.4. The van der Waals surface area contributed by atoms with Crippen molar-refractivity contribution in [2.45, 2.75) is 12.8 Å². The zero-order valence-electron chi connectivity index (χ0n) is 8.58. The lowest BCUT2D eigenvalue weighted by Gasteiger charge is -2.04. The van der Waals surface area contributed by atoms with Crippen molar-refractivity contribution in [3.05, 3.63) is 42.2 Å². The number of hydrogen-bond acceptors (Lipinski definition) is 3. The van der Waals surface area contributed by atoms with Crippen LogP contribution in [0, 0.1) is 0 Å². The number of hydrogen-bond donors (Lipinski definition) is 1. The Morgan fingerprint density at radius 1 is 1.31 bits per heavy atom. The van der Waals surface area contributed by atoms with Crippen molar-refractivity contribution in [1.82, 2.24) is 15.0 Å². The lowest BCUT2D eigenvalue weighted by Crippen LogP contribution is -2.05. The van der Waals surface area contributed by atoms with Crippen LogP contribution in [0.15, 0.2) is 36.5 Å². The van der Waals surface area contributed by atoms with E-state index in [2.05, 4.69) is 10.3 Å². The lowest BCUT2D eigenvalue weighted by molar-refractivity contribution is -0.136. The van der Waals surface area contributed by atoms with Crippen molar-refractivity contribution >= 4 is 5.97 Å². The van der Waals surface area contributed by atoms with Gasteiger partial charge in [-0.1, -0.05) is 23.4 Å². The van der Waals surface area contributed by atoms with Crippen LogP contribution >= 0.6 is 0 Å². The van der Waals surface area contributed by atoms with Gasteiger partial charge in [0.15, 0.2) is 0 Å². The highest BCUT2D eigenvalue weighted by Crippen LogP contribution is 2.10. The third-order valence-corrected chi connectivity index (χ3v) is 2.22.